The van der Waals surface area contributed by atoms with Gasteiger partial charge in [0, 0.05) is 29.8 Å². The van der Waals surface area contributed by atoms with Crippen LogP contribution >= 0.6 is 0 Å². The molecule has 366 valence electrons. The van der Waals surface area contributed by atoms with Crippen LogP contribution in [0.2, 0.25) is 0 Å². The summed E-state index contributed by atoms with van der Waals surface area (Å²) in [6.07, 6.45) is 1.90. The van der Waals surface area contributed by atoms with Gasteiger partial charge in [-0.1, -0.05) is 200 Å². The van der Waals surface area contributed by atoms with E-state index in [1.165, 1.54) is 11.1 Å². The number of nitrogens with zero attached hydrogens (tertiary/aromatic N) is 3. The van der Waals surface area contributed by atoms with Gasteiger partial charge >= 0.3 is 0 Å². The quantitative estimate of drug-likeness (QED) is 0.165. The van der Waals surface area contributed by atoms with Gasteiger partial charge in [-0.25, -0.2) is 4.98 Å². The van der Waals surface area contributed by atoms with Crippen LogP contribution in [-0.4, -0.2) is 19.6 Å². The van der Waals surface area contributed by atoms with Gasteiger partial charge in [-0.3, -0.25) is 9.55 Å². The van der Waals surface area contributed by atoms with E-state index in [1.54, 1.807) is 0 Å². The Kier molecular flexibility index (Phi) is 12.5. The molecule has 0 fully saturated rings. The van der Waals surface area contributed by atoms with Crippen LogP contribution in [0.25, 0.3) is 83.9 Å². The van der Waals surface area contributed by atoms with Crippen molar-refractivity contribution in [3.05, 3.63) is 191 Å². The summed E-state index contributed by atoms with van der Waals surface area (Å²) in [5.41, 5.74) is 19.8. The Morgan fingerprint density at radius 2 is 1.10 bits per heavy atom. The summed E-state index contributed by atoms with van der Waals surface area (Å²) >= 11 is 0. The van der Waals surface area contributed by atoms with Crippen LogP contribution in [-0.2, 0) is 21.7 Å². The van der Waals surface area contributed by atoms with Crippen molar-refractivity contribution < 1.29 is 6.48 Å². The van der Waals surface area contributed by atoms with Gasteiger partial charge in [0.15, 0.2) is 0 Å². The van der Waals surface area contributed by atoms with Crippen molar-refractivity contribution in [2.45, 2.75) is 131 Å². The maximum atomic E-state index is 12.8. The van der Waals surface area contributed by atoms with Crippen LogP contribution < -0.4 is 0 Å². The third-order valence-electron chi connectivity index (χ3n) is 14.4. The van der Waals surface area contributed by atoms with Crippen LogP contribution in [0.15, 0.2) is 158 Å². The second kappa shape index (κ2) is 18.5. The predicted octanol–water partition coefficient (Wildman–Crippen LogP) is 18.7. The highest BCUT2D eigenvalue weighted by molar-refractivity contribution is 5.98. The zero-order valence-corrected chi connectivity index (χ0v) is 45.3. The van der Waals surface area contributed by atoms with E-state index in [0.717, 1.165) is 94.7 Å². The minimum Gasteiger partial charge on any atom is -0.507 e. The number of pyridine rings is 1. The molecule has 0 saturated heterocycles. The largest absolute Gasteiger partial charge is 0.507 e. The normalized spacial score (nSPS) is 12.9. The second-order valence-corrected chi connectivity index (χ2v) is 24.3. The minimum absolute atomic E-state index is 0.00993. The van der Waals surface area contributed by atoms with Gasteiger partial charge in [0.2, 0.25) is 0 Å². The number of rotatable bonds is 8. The highest BCUT2D eigenvalue weighted by Gasteiger charge is 2.30. The molecule has 4 heteroatoms. The van der Waals surface area contributed by atoms with Crippen molar-refractivity contribution >= 4 is 11.0 Å². The molecule has 0 aliphatic carbocycles. The molecule has 72 heavy (non-hydrogen) atoms. The summed E-state index contributed by atoms with van der Waals surface area (Å²) in [6.45, 7) is 32.8. The monoisotopic (exact) mass is 949 g/mol. The molecule has 7 aromatic carbocycles. The van der Waals surface area contributed by atoms with E-state index in [9.17, 15) is 5.11 Å². The van der Waals surface area contributed by atoms with Crippen LogP contribution in [0.3, 0.4) is 0 Å². The third kappa shape index (κ3) is 9.81. The average molecular weight is 949 g/mol. The molecule has 9 rings (SSSR count). The fraction of sp³-hybridized carbons (Fsp3) is 0.294. The lowest BCUT2D eigenvalue weighted by atomic mass is 9.79. The van der Waals surface area contributed by atoms with Crippen molar-refractivity contribution in [3.8, 4) is 78.6 Å². The number of para-hydroxylation sites is 1. The van der Waals surface area contributed by atoms with E-state index >= 15 is 0 Å². The first kappa shape index (κ1) is 48.6. The van der Waals surface area contributed by atoms with Gasteiger partial charge in [-0.05, 0) is 144 Å². The highest BCUT2D eigenvalue weighted by Crippen LogP contribution is 2.47. The zero-order chi connectivity index (χ0) is 52.6. The number of benzene rings is 7. The van der Waals surface area contributed by atoms with E-state index in [-0.39, 0.29) is 27.4 Å². The minimum atomic E-state index is -0.677. The maximum absolute atomic E-state index is 12.8. The van der Waals surface area contributed by atoms with Gasteiger partial charge in [-0.15, -0.1) is 0 Å². The number of aromatic hydroxyl groups is 1. The van der Waals surface area contributed by atoms with Crippen molar-refractivity contribution in [2.24, 2.45) is 0 Å². The van der Waals surface area contributed by atoms with Crippen molar-refractivity contribution in [1.82, 2.24) is 14.5 Å². The van der Waals surface area contributed by atoms with E-state index < -0.39 is 5.89 Å². The van der Waals surface area contributed by atoms with E-state index in [1.807, 2.05) is 20.0 Å². The number of hydrogen-bond acceptors (Lipinski definition) is 3. The SMILES string of the molecule is [2H]C(C)(C)c1ccc(-c2ccnc(-c3cc(-c4cccc5c4nc(-c4cc(C(C)(C)C)cc(C(C)(C)C)c4O)n5-c4cc(C)c(-c5ccccc5)cc4-c4ccc(C(C)(C)C)cc4)cc(C(C)(C)C)c3)c2)cc1. The van der Waals surface area contributed by atoms with Gasteiger partial charge in [0.25, 0.3) is 0 Å². The Morgan fingerprint density at radius 3 is 1.72 bits per heavy atom. The number of phenolic OH excluding ortho intramolecular Hbond substituents is 1. The van der Waals surface area contributed by atoms with Crippen molar-refractivity contribution in [1.29, 1.82) is 0 Å². The van der Waals surface area contributed by atoms with Crippen LogP contribution in [0.4, 0.5) is 0 Å². The average Bonchev–Trinajstić information content (AvgIpc) is 3.72. The molecular formula is C68H73N3O. The van der Waals surface area contributed by atoms with Crippen LogP contribution in [0.5, 0.6) is 5.75 Å². The van der Waals surface area contributed by atoms with Crippen LogP contribution in [0.1, 0.15) is 138 Å². The molecule has 2 aromatic heterocycles. The Balaban J connectivity index is 1.35. The summed E-state index contributed by atoms with van der Waals surface area (Å²) < 4.78 is 10.9. The van der Waals surface area contributed by atoms with Crippen molar-refractivity contribution in [3.63, 3.8) is 0 Å². The first-order valence-corrected chi connectivity index (χ1v) is 25.6. The predicted molar refractivity (Wildman–Crippen MR) is 307 cm³/mol. The number of aromatic nitrogens is 3. The van der Waals surface area contributed by atoms with E-state index in [0.29, 0.717) is 11.4 Å². The molecule has 0 unspecified atom stereocenters. The molecule has 0 amide bonds. The number of imidazole rings is 1. The highest BCUT2D eigenvalue weighted by atomic mass is 16.3. The molecular weight excluding hydrogens is 875 g/mol. The lowest BCUT2D eigenvalue weighted by Gasteiger charge is -2.28. The molecule has 0 bridgehead atoms. The number of phenols is 1. The molecule has 2 heterocycles. The van der Waals surface area contributed by atoms with Gasteiger partial charge in [0.1, 0.15) is 11.6 Å². The molecule has 0 radical (unpaired) electrons. The summed E-state index contributed by atoms with van der Waals surface area (Å²) in [5.74, 6) is 0.245. The molecule has 4 nitrogen and oxygen atoms in total. The first-order valence-electron chi connectivity index (χ1n) is 26.1. The maximum Gasteiger partial charge on any atom is 0.149 e. The lowest BCUT2D eigenvalue weighted by Crippen LogP contribution is -2.17. The lowest BCUT2D eigenvalue weighted by molar-refractivity contribution is 0.446. The summed E-state index contributed by atoms with van der Waals surface area (Å²) in [6, 6.07) is 54.7. The molecule has 0 aliphatic rings. The van der Waals surface area contributed by atoms with Gasteiger partial charge < -0.3 is 5.11 Å². The molecule has 0 atom stereocenters. The van der Waals surface area contributed by atoms with Crippen molar-refractivity contribution in [2.75, 3.05) is 0 Å². The Bertz CT molecular complexity index is 3510. The Morgan fingerprint density at radius 1 is 0.486 bits per heavy atom. The fourth-order valence-corrected chi connectivity index (χ4v) is 9.88. The number of fused-ring (bicyclic) bond motifs is 1. The first-order chi connectivity index (χ1) is 34.2. The molecule has 0 saturated carbocycles. The second-order valence-electron chi connectivity index (χ2n) is 24.3. The third-order valence-corrected chi connectivity index (χ3v) is 14.4. The molecule has 9 aromatic rings. The summed E-state index contributed by atoms with van der Waals surface area (Å²) in [7, 11) is 0. The summed E-state index contributed by atoms with van der Waals surface area (Å²) in [4.78, 5) is 10.8. The number of aryl methyl sites for hydroxylation is 1. The topological polar surface area (TPSA) is 50.9 Å². The number of hydrogen-bond donors (Lipinski definition) is 1. The standard InChI is InChI=1S/C68H73N3O/c1-42(2)44-24-26-45(27-25-44)48-32-33-69-59(38-48)50-35-49(36-52(37-50)66(7,8)9)54-22-19-23-60-62(54)70-64(57-39-53(67(10,11)12)40-58(63(57)72)68(13,14)15)71(60)61-34-43(3)55(46-20-17-16-18-21-46)41-56(61)47-28-30-51(31-29-47)65(4,5)6/h16-42,72H,1-15H3/i42D. The fourth-order valence-electron chi connectivity index (χ4n) is 9.88. The zero-order valence-electron chi connectivity index (χ0n) is 46.3. The molecule has 1 N–H and O–H groups in total. The van der Waals surface area contributed by atoms with E-state index in [2.05, 4.69) is 246 Å². The Hall–Kier alpha value is -7.04. The smallest absolute Gasteiger partial charge is 0.149 e. The van der Waals surface area contributed by atoms with Gasteiger partial charge in [0.05, 0.1) is 28.0 Å². The van der Waals surface area contributed by atoms with Crippen LogP contribution in [0, 0.1) is 6.92 Å². The summed E-state index contributed by atoms with van der Waals surface area (Å²) in [5, 5.41) is 12.8. The Labute approximate surface area is 431 Å². The molecule has 0 aliphatic heterocycles. The molecule has 0 spiro atoms. The van der Waals surface area contributed by atoms with E-state index in [4.69, 9.17) is 11.3 Å². The van der Waals surface area contributed by atoms with Gasteiger partial charge in [-0.2, -0.15) is 0 Å².